The number of aryl methyl sites for hydroxylation is 1. The Kier molecular flexibility index (Phi) is 6.02. The van der Waals surface area contributed by atoms with Crippen molar-refractivity contribution in [3.63, 3.8) is 0 Å². The number of hydrogen-bond acceptors (Lipinski definition) is 3. The van der Waals surface area contributed by atoms with Crippen LogP contribution in [0.3, 0.4) is 0 Å². The Balaban J connectivity index is 1.78. The zero-order valence-electron chi connectivity index (χ0n) is 11.8. The normalized spacial score (nSPS) is 12.1. The summed E-state index contributed by atoms with van der Waals surface area (Å²) in [5.41, 5.74) is 1.13. The number of hydrogen-bond donors (Lipinski definition) is 1. The lowest BCUT2D eigenvalue weighted by molar-refractivity contribution is -0.121. The molecule has 4 nitrogen and oxygen atoms in total. The fraction of sp³-hybridized carbons (Fsp3) is 0.312. The van der Waals surface area contributed by atoms with Crippen molar-refractivity contribution >= 4 is 21.8 Å². The summed E-state index contributed by atoms with van der Waals surface area (Å²) in [7, 11) is 1.60. The highest BCUT2D eigenvalue weighted by Gasteiger charge is 2.14. The van der Waals surface area contributed by atoms with E-state index in [1.165, 1.54) is 0 Å². The maximum Gasteiger partial charge on any atom is 0.220 e. The molecule has 112 valence electrons. The molecule has 0 saturated carbocycles. The molecule has 21 heavy (non-hydrogen) atoms. The molecule has 0 radical (unpaired) electrons. The van der Waals surface area contributed by atoms with E-state index in [-0.39, 0.29) is 12.0 Å². The monoisotopic (exact) mass is 351 g/mol. The van der Waals surface area contributed by atoms with Gasteiger partial charge in [0.15, 0.2) is 0 Å². The predicted octanol–water partition coefficient (Wildman–Crippen LogP) is 3.48. The smallest absolute Gasteiger partial charge is 0.220 e. The third-order valence-corrected chi connectivity index (χ3v) is 3.98. The quantitative estimate of drug-likeness (QED) is 0.830. The molecule has 0 bridgehead atoms. The van der Waals surface area contributed by atoms with Crippen LogP contribution < -0.4 is 5.32 Å². The van der Waals surface area contributed by atoms with Crippen molar-refractivity contribution in [3.8, 4) is 0 Å². The summed E-state index contributed by atoms with van der Waals surface area (Å²) in [5, 5.41) is 2.87. The summed E-state index contributed by atoms with van der Waals surface area (Å²) in [6.45, 7) is 0.402. The van der Waals surface area contributed by atoms with Crippen LogP contribution >= 0.6 is 15.9 Å². The second-order valence-corrected chi connectivity index (χ2v) is 5.49. The summed E-state index contributed by atoms with van der Waals surface area (Å²) in [5.74, 6) is 0.711. The van der Waals surface area contributed by atoms with E-state index in [1.807, 2.05) is 30.3 Å². The lowest BCUT2D eigenvalue weighted by Gasteiger charge is -2.13. The highest BCUT2D eigenvalue weighted by atomic mass is 79.9. The van der Waals surface area contributed by atoms with Gasteiger partial charge in [0.1, 0.15) is 11.9 Å². The number of ether oxygens (including phenoxy) is 1. The van der Waals surface area contributed by atoms with Crippen molar-refractivity contribution in [1.82, 2.24) is 5.32 Å². The van der Waals surface area contributed by atoms with Crippen molar-refractivity contribution in [2.45, 2.75) is 18.9 Å². The summed E-state index contributed by atoms with van der Waals surface area (Å²) in [6.07, 6.45) is 2.48. The van der Waals surface area contributed by atoms with E-state index in [2.05, 4.69) is 21.2 Å². The number of rotatable bonds is 7. The van der Waals surface area contributed by atoms with Crippen LogP contribution in [0, 0.1) is 0 Å². The molecule has 0 saturated heterocycles. The summed E-state index contributed by atoms with van der Waals surface area (Å²) in [4.78, 5) is 11.9. The fourth-order valence-electron chi connectivity index (χ4n) is 2.02. The summed E-state index contributed by atoms with van der Waals surface area (Å²) >= 11 is 3.48. The number of furan rings is 1. The van der Waals surface area contributed by atoms with Crippen LogP contribution in [0.25, 0.3) is 0 Å². The molecule has 0 aliphatic rings. The predicted molar refractivity (Wildman–Crippen MR) is 83.9 cm³/mol. The number of methoxy groups -OCH3 is 1. The van der Waals surface area contributed by atoms with Crippen LogP contribution in [0.4, 0.5) is 0 Å². The Morgan fingerprint density at radius 2 is 2.14 bits per heavy atom. The first-order valence-electron chi connectivity index (χ1n) is 6.77. The zero-order chi connectivity index (χ0) is 15.1. The molecule has 1 N–H and O–H groups in total. The van der Waals surface area contributed by atoms with Gasteiger partial charge in [-0.3, -0.25) is 4.79 Å². The number of amides is 1. The van der Waals surface area contributed by atoms with Crippen molar-refractivity contribution in [1.29, 1.82) is 0 Å². The summed E-state index contributed by atoms with van der Waals surface area (Å²) in [6, 6.07) is 11.6. The van der Waals surface area contributed by atoms with Gasteiger partial charge in [0.05, 0.1) is 12.8 Å². The molecule has 1 aromatic carbocycles. The van der Waals surface area contributed by atoms with E-state index < -0.39 is 0 Å². The SMILES string of the molecule is CO[C@@H](CNC(=O)CCc1ccccc1Br)c1ccco1. The van der Waals surface area contributed by atoms with Gasteiger partial charge in [0.2, 0.25) is 5.91 Å². The molecule has 1 amide bonds. The van der Waals surface area contributed by atoms with Gasteiger partial charge in [-0.2, -0.15) is 0 Å². The summed E-state index contributed by atoms with van der Waals surface area (Å²) < 4.78 is 11.6. The molecule has 0 fully saturated rings. The average molecular weight is 352 g/mol. The van der Waals surface area contributed by atoms with Gasteiger partial charge in [-0.15, -0.1) is 0 Å². The molecule has 0 aliphatic heterocycles. The van der Waals surface area contributed by atoms with E-state index in [0.29, 0.717) is 25.1 Å². The van der Waals surface area contributed by atoms with Crippen LogP contribution in [-0.4, -0.2) is 19.6 Å². The molecule has 1 heterocycles. The van der Waals surface area contributed by atoms with Crippen LogP contribution in [0.2, 0.25) is 0 Å². The highest BCUT2D eigenvalue weighted by molar-refractivity contribution is 9.10. The third-order valence-electron chi connectivity index (χ3n) is 3.21. The minimum absolute atomic E-state index is 0.000593. The van der Waals surface area contributed by atoms with Crippen LogP contribution in [-0.2, 0) is 16.0 Å². The Hall–Kier alpha value is -1.59. The molecule has 5 heteroatoms. The Labute approximate surface area is 132 Å². The molecule has 0 unspecified atom stereocenters. The third kappa shape index (κ3) is 4.72. The van der Waals surface area contributed by atoms with Gasteiger partial charge in [-0.25, -0.2) is 0 Å². The van der Waals surface area contributed by atoms with Crippen molar-refractivity contribution in [3.05, 3.63) is 58.5 Å². The largest absolute Gasteiger partial charge is 0.467 e. The van der Waals surface area contributed by atoms with Gasteiger partial charge in [0, 0.05) is 18.0 Å². The minimum atomic E-state index is -0.257. The number of nitrogens with one attached hydrogen (secondary N) is 1. The van der Waals surface area contributed by atoms with Crippen LogP contribution in [0.1, 0.15) is 23.8 Å². The van der Waals surface area contributed by atoms with E-state index in [0.717, 1.165) is 10.0 Å². The lowest BCUT2D eigenvalue weighted by atomic mass is 10.1. The first-order valence-corrected chi connectivity index (χ1v) is 7.56. The van der Waals surface area contributed by atoms with Gasteiger partial charge < -0.3 is 14.5 Å². The van der Waals surface area contributed by atoms with Gasteiger partial charge >= 0.3 is 0 Å². The molecular weight excluding hydrogens is 334 g/mol. The van der Waals surface area contributed by atoms with Crippen molar-refractivity contribution < 1.29 is 13.9 Å². The van der Waals surface area contributed by atoms with Gasteiger partial charge in [-0.1, -0.05) is 34.1 Å². The standard InChI is InChI=1S/C16H18BrNO3/c1-20-15(14-7-4-10-21-14)11-18-16(19)9-8-12-5-2-3-6-13(12)17/h2-7,10,15H,8-9,11H2,1H3,(H,18,19)/t15-/m0/s1. The minimum Gasteiger partial charge on any atom is -0.467 e. The van der Waals surface area contributed by atoms with Gasteiger partial charge in [-0.05, 0) is 30.2 Å². The Morgan fingerprint density at radius 3 is 2.81 bits per heavy atom. The number of carbonyl (C=O) groups excluding carboxylic acids is 1. The molecule has 1 atom stereocenters. The zero-order valence-corrected chi connectivity index (χ0v) is 13.4. The van der Waals surface area contributed by atoms with E-state index >= 15 is 0 Å². The highest BCUT2D eigenvalue weighted by Crippen LogP contribution is 2.18. The van der Waals surface area contributed by atoms with E-state index in [4.69, 9.17) is 9.15 Å². The molecule has 2 rings (SSSR count). The average Bonchev–Trinajstić information content (AvgIpc) is 3.01. The number of halogens is 1. The van der Waals surface area contributed by atoms with Crippen LogP contribution in [0.5, 0.6) is 0 Å². The molecular formula is C16H18BrNO3. The maximum absolute atomic E-state index is 11.9. The second kappa shape index (κ2) is 8.00. The van der Waals surface area contributed by atoms with Crippen LogP contribution in [0.15, 0.2) is 51.6 Å². The molecule has 1 aromatic heterocycles. The number of benzene rings is 1. The molecule has 2 aromatic rings. The lowest BCUT2D eigenvalue weighted by Crippen LogP contribution is -2.29. The Morgan fingerprint density at radius 1 is 1.33 bits per heavy atom. The first kappa shape index (κ1) is 15.8. The first-order chi connectivity index (χ1) is 10.2. The van der Waals surface area contributed by atoms with Crippen molar-refractivity contribution in [2.24, 2.45) is 0 Å². The topological polar surface area (TPSA) is 51.5 Å². The second-order valence-electron chi connectivity index (χ2n) is 4.64. The van der Waals surface area contributed by atoms with E-state index in [1.54, 1.807) is 19.4 Å². The number of carbonyl (C=O) groups is 1. The molecule has 0 aliphatic carbocycles. The van der Waals surface area contributed by atoms with E-state index in [9.17, 15) is 4.79 Å². The van der Waals surface area contributed by atoms with Gasteiger partial charge in [0.25, 0.3) is 0 Å². The Bertz CT molecular complexity index is 569. The van der Waals surface area contributed by atoms with Crippen molar-refractivity contribution in [2.75, 3.05) is 13.7 Å². The molecule has 0 spiro atoms. The maximum atomic E-state index is 11.9. The fourth-order valence-corrected chi connectivity index (χ4v) is 2.50.